The van der Waals surface area contributed by atoms with Gasteiger partial charge in [0.15, 0.2) is 0 Å². The zero-order valence-electron chi connectivity index (χ0n) is 10.0. The van der Waals surface area contributed by atoms with Crippen molar-refractivity contribution in [3.8, 4) is 11.8 Å². The van der Waals surface area contributed by atoms with Gasteiger partial charge in [0.25, 0.3) is 0 Å². The normalized spacial score (nSPS) is 9.56. The molecule has 1 aromatic rings. The van der Waals surface area contributed by atoms with E-state index in [-0.39, 0.29) is 0 Å². The summed E-state index contributed by atoms with van der Waals surface area (Å²) in [7, 11) is 0. The van der Waals surface area contributed by atoms with Gasteiger partial charge in [-0.3, -0.25) is 0 Å². The summed E-state index contributed by atoms with van der Waals surface area (Å²) in [5, 5.41) is 0. The van der Waals surface area contributed by atoms with E-state index in [1.54, 1.807) is 0 Å². The summed E-state index contributed by atoms with van der Waals surface area (Å²) in [5.74, 6) is 8.50. The first-order valence-corrected chi connectivity index (χ1v) is 7.16. The number of unbranched alkanes of at least 4 members (excludes halogenated alkanes) is 3. The lowest BCUT2D eigenvalue weighted by molar-refractivity contribution is 0.737. The van der Waals surface area contributed by atoms with E-state index in [9.17, 15) is 0 Å². The quantitative estimate of drug-likeness (QED) is 0.514. The van der Waals surface area contributed by atoms with Crippen molar-refractivity contribution in [1.29, 1.82) is 0 Å². The van der Waals surface area contributed by atoms with Crippen molar-refractivity contribution in [3.05, 3.63) is 35.9 Å². The van der Waals surface area contributed by atoms with E-state index in [0.29, 0.717) is 0 Å². The predicted octanol–water partition coefficient (Wildman–Crippen LogP) is 4.50. The minimum absolute atomic E-state index is 0.959. The van der Waals surface area contributed by atoms with Crippen LogP contribution in [0.1, 0.15) is 38.2 Å². The van der Waals surface area contributed by atoms with Crippen LogP contribution in [0.25, 0.3) is 0 Å². The molecule has 0 aliphatic rings. The zero-order valence-corrected chi connectivity index (χ0v) is 10.9. The van der Waals surface area contributed by atoms with E-state index >= 15 is 0 Å². The van der Waals surface area contributed by atoms with E-state index in [2.05, 4.69) is 49.1 Å². The first kappa shape index (κ1) is 13.2. The van der Waals surface area contributed by atoms with Gasteiger partial charge in [0.1, 0.15) is 0 Å². The number of benzene rings is 1. The van der Waals surface area contributed by atoms with E-state index in [4.69, 9.17) is 0 Å². The van der Waals surface area contributed by atoms with Crippen LogP contribution in [0.4, 0.5) is 0 Å². The third-order valence-corrected chi connectivity index (χ3v) is 3.20. The van der Waals surface area contributed by atoms with Crippen LogP contribution in [0.3, 0.4) is 0 Å². The summed E-state index contributed by atoms with van der Waals surface area (Å²) in [4.78, 5) is 0. The molecule has 1 rings (SSSR count). The van der Waals surface area contributed by atoms with E-state index in [1.807, 2.05) is 11.8 Å². The maximum absolute atomic E-state index is 3.24. The predicted molar refractivity (Wildman–Crippen MR) is 74.5 cm³/mol. The van der Waals surface area contributed by atoms with Gasteiger partial charge in [0.2, 0.25) is 0 Å². The molecule has 0 aliphatic carbocycles. The van der Waals surface area contributed by atoms with Gasteiger partial charge in [0, 0.05) is 12.2 Å². The number of rotatable bonds is 6. The fourth-order valence-electron chi connectivity index (χ4n) is 1.40. The molecule has 1 heteroatoms. The molecule has 0 aliphatic heterocycles. The Hall–Kier alpha value is -0.870. The Kier molecular flexibility index (Phi) is 7.72. The van der Waals surface area contributed by atoms with Gasteiger partial charge >= 0.3 is 0 Å². The fourth-order valence-corrected chi connectivity index (χ4v) is 2.13. The molecule has 0 unspecified atom stereocenters. The fraction of sp³-hybridized carbons (Fsp3) is 0.467. The Morgan fingerprint density at radius 2 is 1.88 bits per heavy atom. The van der Waals surface area contributed by atoms with Gasteiger partial charge in [-0.05, 0) is 12.0 Å². The third kappa shape index (κ3) is 6.58. The minimum atomic E-state index is 0.959. The lowest BCUT2D eigenvalue weighted by Gasteiger charge is -1.96. The molecule has 0 radical (unpaired) electrons. The molecule has 0 aromatic heterocycles. The molecule has 0 N–H and O–H groups in total. The summed E-state index contributed by atoms with van der Waals surface area (Å²) in [6.07, 6.45) is 4.92. The standard InChI is InChI=1S/C15H20S/c1-2-3-4-5-6-10-13-16-14-15-11-8-7-9-12-15/h7-9,11-12H,2-5,13-14H2,1H3. The summed E-state index contributed by atoms with van der Waals surface area (Å²) in [6.45, 7) is 2.23. The van der Waals surface area contributed by atoms with Gasteiger partial charge < -0.3 is 0 Å². The van der Waals surface area contributed by atoms with Crippen molar-refractivity contribution >= 4 is 11.8 Å². The highest BCUT2D eigenvalue weighted by atomic mass is 32.2. The average molecular weight is 232 g/mol. The van der Waals surface area contributed by atoms with Crippen LogP contribution < -0.4 is 0 Å². The van der Waals surface area contributed by atoms with Crippen LogP contribution in [-0.4, -0.2) is 5.75 Å². The van der Waals surface area contributed by atoms with Crippen molar-refractivity contribution < 1.29 is 0 Å². The van der Waals surface area contributed by atoms with Crippen LogP contribution in [0.2, 0.25) is 0 Å². The van der Waals surface area contributed by atoms with Crippen molar-refractivity contribution in [1.82, 2.24) is 0 Å². The van der Waals surface area contributed by atoms with Gasteiger partial charge in [0.05, 0.1) is 5.75 Å². The van der Waals surface area contributed by atoms with Crippen LogP contribution in [0, 0.1) is 11.8 Å². The highest BCUT2D eigenvalue weighted by Gasteiger charge is 1.89. The second-order valence-corrected chi connectivity index (χ2v) is 4.77. The third-order valence-electron chi connectivity index (χ3n) is 2.32. The first-order valence-electron chi connectivity index (χ1n) is 6.01. The Labute approximate surface area is 104 Å². The molecule has 0 bridgehead atoms. The molecule has 0 saturated carbocycles. The Morgan fingerprint density at radius 3 is 2.62 bits per heavy atom. The average Bonchev–Trinajstić information content (AvgIpc) is 2.34. The Balaban J connectivity index is 2.03. The smallest absolute Gasteiger partial charge is 0.0550 e. The highest BCUT2D eigenvalue weighted by molar-refractivity contribution is 7.98. The molecule has 0 nitrogen and oxygen atoms in total. The van der Waals surface area contributed by atoms with Crippen LogP contribution in [0.5, 0.6) is 0 Å². The van der Waals surface area contributed by atoms with Crippen molar-refractivity contribution in [2.75, 3.05) is 5.75 Å². The number of hydrogen-bond acceptors (Lipinski definition) is 1. The van der Waals surface area contributed by atoms with Gasteiger partial charge in [-0.1, -0.05) is 56.0 Å². The van der Waals surface area contributed by atoms with Crippen LogP contribution in [0.15, 0.2) is 30.3 Å². The maximum Gasteiger partial charge on any atom is 0.0550 e. The molecular weight excluding hydrogens is 212 g/mol. The lowest BCUT2D eigenvalue weighted by atomic mass is 10.2. The van der Waals surface area contributed by atoms with Gasteiger partial charge in [-0.15, -0.1) is 17.7 Å². The van der Waals surface area contributed by atoms with Crippen LogP contribution in [-0.2, 0) is 5.75 Å². The molecule has 16 heavy (non-hydrogen) atoms. The summed E-state index contributed by atoms with van der Waals surface area (Å²) >= 11 is 1.90. The second kappa shape index (κ2) is 9.36. The zero-order chi connectivity index (χ0) is 11.5. The summed E-state index contributed by atoms with van der Waals surface area (Å²) < 4.78 is 0. The molecular formula is C15H20S. The first-order chi connectivity index (χ1) is 7.93. The molecule has 0 atom stereocenters. The molecule has 1 aromatic carbocycles. The summed E-state index contributed by atoms with van der Waals surface area (Å²) in [5.41, 5.74) is 1.39. The van der Waals surface area contributed by atoms with E-state index in [1.165, 1.54) is 24.8 Å². The monoisotopic (exact) mass is 232 g/mol. The Bertz CT molecular complexity index is 318. The van der Waals surface area contributed by atoms with Crippen molar-refractivity contribution in [2.45, 2.75) is 38.4 Å². The molecule has 0 amide bonds. The summed E-state index contributed by atoms with van der Waals surface area (Å²) in [6, 6.07) is 10.6. The van der Waals surface area contributed by atoms with Gasteiger partial charge in [-0.25, -0.2) is 0 Å². The van der Waals surface area contributed by atoms with E-state index in [0.717, 1.165) is 17.9 Å². The Morgan fingerprint density at radius 1 is 1.06 bits per heavy atom. The van der Waals surface area contributed by atoms with Crippen LogP contribution >= 0.6 is 11.8 Å². The molecule has 0 fully saturated rings. The van der Waals surface area contributed by atoms with Crippen molar-refractivity contribution in [3.63, 3.8) is 0 Å². The highest BCUT2D eigenvalue weighted by Crippen LogP contribution is 2.10. The number of hydrogen-bond donors (Lipinski definition) is 0. The lowest BCUT2D eigenvalue weighted by Crippen LogP contribution is -1.80. The van der Waals surface area contributed by atoms with Crippen molar-refractivity contribution in [2.24, 2.45) is 0 Å². The second-order valence-electron chi connectivity index (χ2n) is 3.79. The molecule has 86 valence electrons. The van der Waals surface area contributed by atoms with E-state index < -0.39 is 0 Å². The van der Waals surface area contributed by atoms with Gasteiger partial charge in [-0.2, -0.15) is 0 Å². The minimum Gasteiger partial charge on any atom is -0.144 e. The SMILES string of the molecule is CCCCCC#CCSCc1ccccc1. The largest absolute Gasteiger partial charge is 0.144 e. The molecule has 0 spiro atoms. The molecule has 0 heterocycles. The molecule has 0 saturated heterocycles. The maximum atomic E-state index is 3.24. The topological polar surface area (TPSA) is 0 Å². The number of thioether (sulfide) groups is 1.